The number of hydrogen-bond donors (Lipinski definition) is 1. The zero-order valence-electron chi connectivity index (χ0n) is 19.6. The van der Waals surface area contributed by atoms with Crippen molar-refractivity contribution in [1.82, 2.24) is 5.32 Å². The molecule has 0 bridgehead atoms. The van der Waals surface area contributed by atoms with E-state index in [4.69, 9.17) is 4.74 Å². The van der Waals surface area contributed by atoms with E-state index in [0.29, 0.717) is 36.1 Å². The molecule has 0 radical (unpaired) electrons. The molecule has 2 aliphatic rings. The molecular formula is C27H33FN2O3. The highest BCUT2D eigenvalue weighted by Gasteiger charge is 2.42. The summed E-state index contributed by atoms with van der Waals surface area (Å²) in [6.07, 6.45) is 4.04. The third kappa shape index (κ3) is 4.90. The van der Waals surface area contributed by atoms with Gasteiger partial charge in [0.1, 0.15) is 11.6 Å². The van der Waals surface area contributed by atoms with Gasteiger partial charge in [-0.3, -0.25) is 9.59 Å². The first-order valence-corrected chi connectivity index (χ1v) is 11.9. The number of ether oxygens (including phenoxy) is 1. The van der Waals surface area contributed by atoms with Crippen LogP contribution in [0.1, 0.15) is 57.6 Å². The molecule has 2 aromatic rings. The molecule has 1 saturated carbocycles. The number of rotatable bonds is 5. The second-order valence-corrected chi connectivity index (χ2v) is 9.49. The van der Waals surface area contributed by atoms with Gasteiger partial charge in [0.2, 0.25) is 11.8 Å². The lowest BCUT2D eigenvalue weighted by molar-refractivity contribution is -0.130. The number of amides is 2. The van der Waals surface area contributed by atoms with E-state index in [1.807, 2.05) is 12.1 Å². The number of nitrogens with one attached hydrogen (secondary N) is 1. The second-order valence-electron chi connectivity index (χ2n) is 9.49. The summed E-state index contributed by atoms with van der Waals surface area (Å²) in [5, 5.41) is 3.31. The molecule has 33 heavy (non-hydrogen) atoms. The quantitative estimate of drug-likeness (QED) is 0.673. The summed E-state index contributed by atoms with van der Waals surface area (Å²) < 4.78 is 19.0. The number of benzene rings is 2. The van der Waals surface area contributed by atoms with E-state index < -0.39 is 12.0 Å². The Morgan fingerprint density at radius 2 is 1.73 bits per heavy atom. The minimum absolute atomic E-state index is 0.0266. The number of carbonyl (C=O) groups is 2. The summed E-state index contributed by atoms with van der Waals surface area (Å²) in [5.74, 6) is 0.842. The Labute approximate surface area is 195 Å². The van der Waals surface area contributed by atoms with Crippen molar-refractivity contribution in [2.45, 2.75) is 58.0 Å². The van der Waals surface area contributed by atoms with Gasteiger partial charge in [0.25, 0.3) is 0 Å². The van der Waals surface area contributed by atoms with E-state index >= 15 is 0 Å². The van der Waals surface area contributed by atoms with Gasteiger partial charge in [-0.1, -0.05) is 38.8 Å². The molecule has 176 valence electrons. The van der Waals surface area contributed by atoms with Gasteiger partial charge in [-0.15, -0.1) is 0 Å². The van der Waals surface area contributed by atoms with Crippen molar-refractivity contribution in [2.24, 2.45) is 17.8 Å². The van der Waals surface area contributed by atoms with E-state index in [1.54, 1.807) is 36.3 Å². The number of halogens is 1. The summed E-state index contributed by atoms with van der Waals surface area (Å²) in [6.45, 7) is 4.45. The molecule has 1 aliphatic heterocycles. The Morgan fingerprint density at radius 1 is 1.03 bits per heavy atom. The van der Waals surface area contributed by atoms with Crippen molar-refractivity contribution >= 4 is 17.5 Å². The summed E-state index contributed by atoms with van der Waals surface area (Å²) in [4.78, 5) is 28.5. The molecule has 2 aromatic carbocycles. The topological polar surface area (TPSA) is 58.6 Å². The predicted octanol–water partition coefficient (Wildman–Crippen LogP) is 5.26. The third-order valence-electron chi connectivity index (χ3n) is 7.53. The van der Waals surface area contributed by atoms with Crippen LogP contribution in [-0.4, -0.2) is 25.0 Å². The van der Waals surface area contributed by atoms with Crippen molar-refractivity contribution in [3.63, 3.8) is 0 Å². The summed E-state index contributed by atoms with van der Waals surface area (Å²) in [5.41, 5.74) is 1.46. The van der Waals surface area contributed by atoms with Crippen LogP contribution in [-0.2, 0) is 9.59 Å². The van der Waals surface area contributed by atoms with E-state index in [-0.39, 0.29) is 23.7 Å². The molecule has 1 N–H and O–H groups in total. The molecule has 1 heterocycles. The van der Waals surface area contributed by atoms with Gasteiger partial charge in [0, 0.05) is 18.2 Å². The highest BCUT2D eigenvalue weighted by molar-refractivity contribution is 5.97. The van der Waals surface area contributed by atoms with E-state index in [9.17, 15) is 14.0 Å². The zero-order chi connectivity index (χ0) is 23.5. The smallest absolute Gasteiger partial charge is 0.227 e. The van der Waals surface area contributed by atoms with Crippen molar-refractivity contribution < 1.29 is 18.7 Å². The highest BCUT2D eigenvalue weighted by atomic mass is 19.1. The molecule has 1 saturated heterocycles. The normalized spacial score (nSPS) is 27.8. The second kappa shape index (κ2) is 9.94. The predicted molar refractivity (Wildman–Crippen MR) is 126 cm³/mol. The Balaban J connectivity index is 1.67. The summed E-state index contributed by atoms with van der Waals surface area (Å²) >= 11 is 0. The Kier molecular flexibility index (Phi) is 7.01. The fraction of sp³-hybridized carbons (Fsp3) is 0.481. The molecule has 6 heteroatoms. The van der Waals surface area contributed by atoms with Crippen LogP contribution in [0.3, 0.4) is 0 Å². The van der Waals surface area contributed by atoms with Gasteiger partial charge in [0.05, 0.1) is 19.1 Å². The molecule has 4 rings (SSSR count). The van der Waals surface area contributed by atoms with Crippen LogP contribution in [0.2, 0.25) is 0 Å². The average molecular weight is 453 g/mol. The molecule has 5 nitrogen and oxygen atoms in total. The monoisotopic (exact) mass is 452 g/mol. The minimum Gasteiger partial charge on any atom is -0.497 e. The van der Waals surface area contributed by atoms with E-state index in [2.05, 4.69) is 19.2 Å². The van der Waals surface area contributed by atoms with Gasteiger partial charge in [-0.2, -0.15) is 0 Å². The van der Waals surface area contributed by atoms with Crippen molar-refractivity contribution in [1.29, 1.82) is 0 Å². The molecule has 5 atom stereocenters. The van der Waals surface area contributed by atoms with E-state index in [1.165, 1.54) is 18.6 Å². The lowest BCUT2D eigenvalue weighted by Crippen LogP contribution is -2.52. The maximum absolute atomic E-state index is 13.7. The average Bonchev–Trinajstić information content (AvgIpc) is 2.82. The molecule has 0 unspecified atom stereocenters. The maximum atomic E-state index is 13.7. The Bertz CT molecular complexity index is 976. The van der Waals surface area contributed by atoms with E-state index in [0.717, 1.165) is 18.4 Å². The summed E-state index contributed by atoms with van der Waals surface area (Å²) in [6, 6.07) is 13.1. The Morgan fingerprint density at radius 3 is 2.39 bits per heavy atom. The maximum Gasteiger partial charge on any atom is 0.227 e. The Hall–Kier alpha value is -2.89. The van der Waals surface area contributed by atoms with Crippen LogP contribution in [0.5, 0.6) is 5.75 Å². The zero-order valence-corrected chi connectivity index (χ0v) is 19.6. The SMILES string of the molecule is COc1ccc(N2C(=O)CC[C@H](C(=O)N[C@@H]3CCC[C@H](C)[C@H]3C)[C@@H]2c2ccc(F)cc2)cc1. The lowest BCUT2D eigenvalue weighted by Gasteiger charge is -2.42. The van der Waals surface area contributed by atoms with Gasteiger partial charge in [-0.25, -0.2) is 4.39 Å². The van der Waals surface area contributed by atoms with Gasteiger partial charge >= 0.3 is 0 Å². The molecule has 0 spiro atoms. The first kappa shape index (κ1) is 23.3. The van der Waals surface area contributed by atoms with Crippen LogP contribution in [0.4, 0.5) is 10.1 Å². The number of hydrogen-bond acceptors (Lipinski definition) is 3. The van der Waals surface area contributed by atoms with Crippen LogP contribution < -0.4 is 15.0 Å². The highest BCUT2D eigenvalue weighted by Crippen LogP contribution is 2.41. The van der Waals surface area contributed by atoms with Gasteiger partial charge in [-0.05, 0) is 66.6 Å². The van der Waals surface area contributed by atoms with Gasteiger partial charge in [0.15, 0.2) is 0 Å². The van der Waals surface area contributed by atoms with Crippen molar-refractivity contribution in [3.05, 3.63) is 59.9 Å². The van der Waals surface area contributed by atoms with Crippen LogP contribution in [0.25, 0.3) is 0 Å². The molecule has 2 fully saturated rings. The number of methoxy groups -OCH3 is 1. The van der Waals surface area contributed by atoms with Crippen LogP contribution in [0.15, 0.2) is 48.5 Å². The first-order chi connectivity index (χ1) is 15.9. The number of piperidine rings is 1. The van der Waals surface area contributed by atoms with Crippen LogP contribution in [0, 0.1) is 23.6 Å². The van der Waals surface area contributed by atoms with Gasteiger partial charge < -0.3 is 15.0 Å². The van der Waals surface area contributed by atoms with Crippen molar-refractivity contribution in [3.8, 4) is 5.75 Å². The lowest BCUT2D eigenvalue weighted by atomic mass is 9.77. The molecule has 2 amide bonds. The fourth-order valence-corrected chi connectivity index (χ4v) is 5.33. The van der Waals surface area contributed by atoms with Crippen LogP contribution >= 0.6 is 0 Å². The summed E-state index contributed by atoms with van der Waals surface area (Å²) in [7, 11) is 1.59. The fourth-order valence-electron chi connectivity index (χ4n) is 5.33. The molecule has 1 aliphatic carbocycles. The molecule has 0 aromatic heterocycles. The standard InChI is InChI=1S/C27H33FN2O3/c1-17-5-4-6-24(18(17)2)29-27(32)23-15-16-25(31)30(21-11-13-22(33-3)14-12-21)26(23)19-7-9-20(28)10-8-19/h7-14,17-18,23-24,26H,4-6,15-16H2,1-3H3,(H,29,32)/t17-,18+,23-,24+,26-/m0/s1. The largest absolute Gasteiger partial charge is 0.497 e. The van der Waals surface area contributed by atoms with Crippen molar-refractivity contribution in [2.75, 3.05) is 12.0 Å². The minimum atomic E-state index is -0.503. The first-order valence-electron chi connectivity index (χ1n) is 11.9. The third-order valence-corrected chi connectivity index (χ3v) is 7.53. The number of carbonyl (C=O) groups excluding carboxylic acids is 2. The molecular weight excluding hydrogens is 419 g/mol. The number of nitrogens with zero attached hydrogens (tertiary/aromatic N) is 1. The number of anilines is 1.